The molecular formula is C56H51BrCl6F4IN7O6Si. The summed E-state index contributed by atoms with van der Waals surface area (Å²) in [5, 5.41) is 2.19. The number of methoxy groups -OCH3 is 4. The Hall–Kier alpha value is -5.27. The van der Waals surface area contributed by atoms with Crippen LogP contribution < -0.4 is 24.7 Å². The zero-order chi connectivity index (χ0) is 60.5. The summed E-state index contributed by atoms with van der Waals surface area (Å²) < 4.78 is 83.3. The lowest BCUT2D eigenvalue weighted by Gasteiger charge is -2.15. The van der Waals surface area contributed by atoms with Gasteiger partial charge in [0.1, 0.15) is 70.1 Å². The molecule has 0 aliphatic rings. The van der Waals surface area contributed by atoms with E-state index in [0.29, 0.717) is 110 Å². The van der Waals surface area contributed by atoms with Gasteiger partial charge in [-0.1, -0.05) is 89.2 Å². The van der Waals surface area contributed by atoms with Crippen LogP contribution in [0, 0.1) is 26.8 Å². The van der Waals surface area contributed by atoms with E-state index < -0.39 is 31.3 Å². The van der Waals surface area contributed by atoms with Crippen LogP contribution in [0.1, 0.15) is 10.4 Å². The van der Waals surface area contributed by atoms with E-state index in [1.807, 2.05) is 33.4 Å². The number of aromatic nitrogens is 5. The van der Waals surface area contributed by atoms with Gasteiger partial charge in [0.15, 0.2) is 0 Å². The third-order valence-electron chi connectivity index (χ3n) is 11.9. The average molecular weight is 1440 g/mol. The summed E-state index contributed by atoms with van der Waals surface area (Å²) >= 11 is 41.6. The van der Waals surface area contributed by atoms with Crippen LogP contribution >= 0.6 is 108 Å². The molecule has 9 aromatic rings. The van der Waals surface area contributed by atoms with Gasteiger partial charge in [0.2, 0.25) is 0 Å². The number of pyridine rings is 3. The third-order valence-corrected chi connectivity index (χ3v) is 17.2. The number of nitrogens with zero attached hydrogens (tertiary/aromatic N) is 5. The van der Waals surface area contributed by atoms with Gasteiger partial charge in [0.05, 0.1) is 72.2 Å². The van der Waals surface area contributed by atoms with Crippen LogP contribution in [0.4, 0.5) is 23.4 Å². The first-order chi connectivity index (χ1) is 38.7. The lowest BCUT2D eigenvalue weighted by molar-refractivity contribution is 0.0828. The number of nitrogens with one attached hydrogen (secondary N) is 1. The van der Waals surface area contributed by atoms with E-state index in [1.54, 1.807) is 38.8 Å². The molecule has 0 unspecified atom stereocenters. The van der Waals surface area contributed by atoms with Crippen molar-refractivity contribution in [1.82, 2.24) is 29.4 Å². The van der Waals surface area contributed by atoms with Crippen molar-refractivity contribution in [1.29, 1.82) is 0 Å². The fourth-order valence-electron chi connectivity index (χ4n) is 7.62. The molecule has 0 aliphatic carbocycles. The number of anilines is 1. The van der Waals surface area contributed by atoms with Crippen molar-refractivity contribution >= 4 is 150 Å². The molecule has 13 nitrogen and oxygen atoms in total. The van der Waals surface area contributed by atoms with Crippen LogP contribution in [0.25, 0.3) is 55.4 Å². The topological polar surface area (TPSA) is 152 Å². The Morgan fingerprint density at radius 2 is 1.26 bits per heavy atom. The van der Waals surface area contributed by atoms with Gasteiger partial charge in [0.25, 0.3) is 5.91 Å². The Morgan fingerprint density at radius 3 is 1.82 bits per heavy atom. The molecule has 5 heterocycles. The standard InChI is InChI=1S/C22H18Cl2FN5O2.C20H22BrCl2FN2O2Si.C7H5ClFIO.C7H6ClFO/c1-30(2)22(31)12-4-10(7-27-20(12)26)13-8-28-21-18(19(13)24)14(9-29-21)11-5-16(25)15(23)6-17(11)32-3;1-27-17-8-15(22)16(24)7-12(17)13-10-26(11-28-5-6-29(2,3)4)20-18(13)19(23)14(21)9-25-20;1-11-7-2-4(8)5(9)3-6(7)10;1-10-5-2-3-7(9)6(8)4-5/h4-9H,1-3H3,(H2,26,27)(H,28,29);7-10H,5-6,11H2,1-4H3;2-3H,1H3;2-4H,1H3. The maximum atomic E-state index is 14.3. The Morgan fingerprint density at radius 1 is 0.683 bits per heavy atom. The third kappa shape index (κ3) is 15.9. The summed E-state index contributed by atoms with van der Waals surface area (Å²) in [5.41, 5.74) is 10.7. The van der Waals surface area contributed by atoms with Gasteiger partial charge in [-0.25, -0.2) is 32.5 Å². The fraction of sp³-hybridized carbons (Fsp3) is 0.214. The molecule has 26 heteroatoms. The number of aromatic amines is 1. The van der Waals surface area contributed by atoms with Crippen LogP contribution in [0.2, 0.25) is 55.8 Å². The molecule has 9 rings (SSSR count). The van der Waals surface area contributed by atoms with Crippen LogP contribution in [-0.2, 0) is 11.5 Å². The Labute approximate surface area is 523 Å². The first-order valence-electron chi connectivity index (χ1n) is 24.0. The smallest absolute Gasteiger partial charge is 0.257 e. The van der Waals surface area contributed by atoms with E-state index in [9.17, 15) is 22.4 Å². The number of fused-ring (bicyclic) bond motifs is 2. The summed E-state index contributed by atoms with van der Waals surface area (Å²) in [4.78, 5) is 30.0. The van der Waals surface area contributed by atoms with Gasteiger partial charge in [-0.3, -0.25) is 4.79 Å². The number of benzene rings is 4. The van der Waals surface area contributed by atoms with E-state index >= 15 is 0 Å². The normalized spacial score (nSPS) is 11.0. The number of nitrogen functional groups attached to an aromatic ring is 1. The molecule has 0 fully saturated rings. The van der Waals surface area contributed by atoms with Crippen molar-refractivity contribution in [3.8, 4) is 56.4 Å². The second-order valence-corrected chi connectivity index (χ2v) is 28.9. The second kappa shape index (κ2) is 29.0. The van der Waals surface area contributed by atoms with Crippen molar-refractivity contribution in [3.63, 3.8) is 0 Å². The molecule has 0 radical (unpaired) electrons. The van der Waals surface area contributed by atoms with Crippen LogP contribution in [0.15, 0.2) is 96.1 Å². The molecule has 434 valence electrons. The molecule has 3 N–H and O–H groups in total. The highest BCUT2D eigenvalue weighted by Crippen LogP contribution is 2.45. The number of nitrogens with two attached hydrogens (primary N) is 1. The van der Waals surface area contributed by atoms with Crippen LogP contribution in [0.5, 0.6) is 23.0 Å². The number of rotatable bonds is 13. The summed E-state index contributed by atoms with van der Waals surface area (Å²) in [6.45, 7) is 7.91. The van der Waals surface area contributed by atoms with Crippen molar-refractivity contribution < 1.29 is 46.0 Å². The molecular weight excluding hydrogens is 1390 g/mol. The Kier molecular flexibility index (Phi) is 23.3. The monoisotopic (exact) mass is 1440 g/mol. The Balaban J connectivity index is 0.000000196. The van der Waals surface area contributed by atoms with Crippen molar-refractivity contribution in [3.05, 3.63) is 159 Å². The molecule has 0 spiro atoms. The molecule has 4 aromatic carbocycles. The largest absolute Gasteiger partial charge is 0.497 e. The number of carbonyl (C=O) groups excluding carboxylic acids is 1. The van der Waals surface area contributed by atoms with Gasteiger partial charge in [-0.15, -0.1) is 0 Å². The average Bonchev–Trinajstić information content (AvgIpc) is 3.60. The summed E-state index contributed by atoms with van der Waals surface area (Å²) in [6.07, 6.45) is 8.26. The maximum absolute atomic E-state index is 14.3. The minimum Gasteiger partial charge on any atom is -0.497 e. The van der Waals surface area contributed by atoms with Gasteiger partial charge in [-0.05, 0) is 81.0 Å². The van der Waals surface area contributed by atoms with E-state index in [2.05, 4.69) is 55.5 Å². The summed E-state index contributed by atoms with van der Waals surface area (Å²) in [6, 6.07) is 15.2. The molecule has 1 amide bonds. The minimum absolute atomic E-state index is 0.00517. The first-order valence-corrected chi connectivity index (χ1v) is 31.9. The van der Waals surface area contributed by atoms with Crippen molar-refractivity contribution in [2.24, 2.45) is 0 Å². The van der Waals surface area contributed by atoms with E-state index in [-0.39, 0.29) is 37.4 Å². The second-order valence-electron chi connectivity index (χ2n) is 18.9. The van der Waals surface area contributed by atoms with Crippen LogP contribution in [-0.4, -0.2) is 92.5 Å². The van der Waals surface area contributed by atoms with Crippen molar-refractivity contribution in [2.75, 3.05) is 54.9 Å². The number of hydrogen-bond acceptors (Lipinski definition) is 10. The number of halogens is 12. The lowest BCUT2D eigenvalue weighted by Crippen LogP contribution is -2.23. The molecule has 0 aliphatic heterocycles. The van der Waals surface area contributed by atoms with Crippen LogP contribution in [0.3, 0.4) is 0 Å². The summed E-state index contributed by atoms with van der Waals surface area (Å²) in [5.74, 6) is -0.159. The predicted octanol–water partition coefficient (Wildman–Crippen LogP) is 17.8. The maximum Gasteiger partial charge on any atom is 0.257 e. The molecule has 0 atom stereocenters. The molecule has 5 aromatic heterocycles. The number of hydrogen-bond donors (Lipinski definition) is 2. The SMILES string of the molecule is COc1cc(Cl)c(F)cc1-c1c[nH]c2ncc(-c3cnc(N)c(C(=O)N(C)C)c3)c(Cl)c12.COc1cc(Cl)c(F)cc1-c1cn(COCC[Si](C)(C)C)c2ncc(Br)c(Cl)c12.COc1cc(Cl)c(F)cc1I.COc1ccc(F)c(Cl)c1. The number of carbonyl (C=O) groups is 1. The van der Waals surface area contributed by atoms with E-state index in [4.69, 9.17) is 99.0 Å². The summed E-state index contributed by atoms with van der Waals surface area (Å²) in [7, 11) is 8.07. The highest BCUT2D eigenvalue weighted by atomic mass is 127. The number of amides is 1. The van der Waals surface area contributed by atoms with Gasteiger partial charge in [0, 0.05) is 128 Å². The highest BCUT2D eigenvalue weighted by Gasteiger charge is 2.24. The molecule has 82 heavy (non-hydrogen) atoms. The lowest BCUT2D eigenvalue weighted by atomic mass is 10.0. The number of H-pyrrole nitrogens is 1. The molecule has 0 saturated heterocycles. The molecule has 0 bridgehead atoms. The van der Waals surface area contributed by atoms with E-state index in [0.717, 1.165) is 6.04 Å². The van der Waals surface area contributed by atoms with Gasteiger partial charge in [-0.2, -0.15) is 0 Å². The zero-order valence-electron chi connectivity index (χ0n) is 45.1. The highest BCUT2D eigenvalue weighted by molar-refractivity contribution is 14.1. The fourth-order valence-corrected chi connectivity index (χ4v) is 10.5. The zero-order valence-corrected chi connectivity index (χ0v) is 54.4. The minimum atomic E-state index is -1.18. The van der Waals surface area contributed by atoms with E-state index in [1.165, 1.54) is 94.1 Å². The predicted molar refractivity (Wildman–Crippen MR) is 336 cm³/mol. The Bertz CT molecular complexity index is 3800. The van der Waals surface area contributed by atoms with Gasteiger partial charge < -0.3 is 43.9 Å². The quantitative estimate of drug-likeness (QED) is 0.0375. The molecule has 0 saturated carbocycles. The first kappa shape index (κ1) is 65.9. The van der Waals surface area contributed by atoms with Gasteiger partial charge >= 0.3 is 0 Å². The van der Waals surface area contributed by atoms with Crippen molar-refractivity contribution in [2.45, 2.75) is 32.4 Å². The number of ether oxygens (including phenoxy) is 5.